The van der Waals surface area contributed by atoms with Crippen LogP contribution in [0.25, 0.3) is 0 Å². The average Bonchev–Trinajstić information content (AvgIpc) is 3.09. The Hall–Kier alpha value is -1.73. The highest BCUT2D eigenvalue weighted by Gasteiger charge is 2.28. The number of hydrogen-bond donors (Lipinski definition) is 5. The Morgan fingerprint density at radius 2 is 0.938 bits per heavy atom. The maximum atomic E-state index is 12.4. The maximum absolute atomic E-state index is 12.4. The molecule has 0 radical (unpaired) electrons. The molecule has 0 spiro atoms. The van der Waals surface area contributed by atoms with Crippen molar-refractivity contribution in [1.82, 2.24) is 5.32 Å². The van der Waals surface area contributed by atoms with Crippen molar-refractivity contribution in [3.05, 3.63) is 48.6 Å². The van der Waals surface area contributed by atoms with Crippen LogP contribution in [0.4, 0.5) is 0 Å². The summed E-state index contributed by atoms with van der Waals surface area (Å²) in [5.74, 6) is -0.613. The number of rotatable bonds is 35. The zero-order valence-corrected chi connectivity index (χ0v) is 31.2. The van der Waals surface area contributed by atoms with Gasteiger partial charge in [-0.15, -0.1) is 0 Å². The van der Waals surface area contributed by atoms with Gasteiger partial charge in [0.1, 0.15) is 12.2 Å². The number of aliphatic hydroxyl groups is 4. The largest absolute Gasteiger partial charge is 0.394 e. The first kappa shape index (κ1) is 46.3. The zero-order valence-electron chi connectivity index (χ0n) is 31.2. The van der Waals surface area contributed by atoms with E-state index in [1.165, 1.54) is 83.5 Å². The predicted octanol–water partition coefficient (Wildman–Crippen LogP) is 9.95. The first-order valence-electron chi connectivity index (χ1n) is 20.0. The number of carbonyl (C=O) groups is 1. The van der Waals surface area contributed by atoms with Crippen LogP contribution in [0.5, 0.6) is 0 Å². The van der Waals surface area contributed by atoms with Crippen LogP contribution in [-0.4, -0.2) is 57.3 Å². The second kappa shape index (κ2) is 36.5. The molecular weight excluding hydrogens is 598 g/mol. The quantitative estimate of drug-likeness (QED) is 0.0261. The molecule has 0 aliphatic heterocycles. The molecule has 0 saturated carbocycles. The van der Waals surface area contributed by atoms with Crippen LogP contribution in [0.3, 0.4) is 0 Å². The fourth-order valence-electron chi connectivity index (χ4n) is 5.76. The molecule has 280 valence electrons. The third kappa shape index (κ3) is 30.3. The molecule has 48 heavy (non-hydrogen) atoms. The van der Waals surface area contributed by atoms with Crippen molar-refractivity contribution in [3.8, 4) is 0 Å². The molecule has 1 amide bonds. The summed E-state index contributed by atoms with van der Waals surface area (Å²) < 4.78 is 0. The summed E-state index contributed by atoms with van der Waals surface area (Å²) in [6, 6.07) is -1.01. The number of nitrogens with one attached hydrogen (secondary N) is 1. The molecule has 0 heterocycles. The molecule has 0 aromatic rings. The van der Waals surface area contributed by atoms with Gasteiger partial charge >= 0.3 is 0 Å². The summed E-state index contributed by atoms with van der Waals surface area (Å²) in [4.78, 5) is 12.4. The Morgan fingerprint density at radius 3 is 1.48 bits per heavy atom. The van der Waals surface area contributed by atoms with Crippen molar-refractivity contribution in [2.75, 3.05) is 6.61 Å². The van der Waals surface area contributed by atoms with Crippen molar-refractivity contribution in [2.24, 2.45) is 0 Å². The molecule has 0 aliphatic rings. The van der Waals surface area contributed by atoms with Crippen LogP contribution < -0.4 is 5.32 Å². The monoisotopic (exact) mass is 676 g/mol. The molecule has 0 rings (SSSR count). The topological polar surface area (TPSA) is 110 Å². The average molecular weight is 676 g/mol. The minimum atomic E-state index is -1.29. The standard InChI is InChI=1S/C42H77NO5/c1-3-5-7-9-11-13-15-17-19-20-21-22-24-25-27-29-31-33-35-39(45)41(47)38(37-44)43-42(48)40(46)36-34-32-30-28-26-23-18-16-14-12-10-8-6-4-2/h12,14,16,18,21-22,27,29,38-41,44-47H,3-11,13,15,17,19-20,23-26,28,30-37H2,1-2H3,(H,43,48)/b14-12-,18-16-,22-21+,29-27+. The van der Waals surface area contributed by atoms with Crippen LogP contribution in [-0.2, 0) is 4.79 Å². The lowest BCUT2D eigenvalue weighted by atomic mass is 10.00. The summed E-state index contributed by atoms with van der Waals surface area (Å²) >= 11 is 0. The van der Waals surface area contributed by atoms with Gasteiger partial charge in [-0.05, 0) is 77.0 Å². The summed E-state index contributed by atoms with van der Waals surface area (Å²) in [5, 5.41) is 43.5. The smallest absolute Gasteiger partial charge is 0.249 e. The number of hydrogen-bond acceptors (Lipinski definition) is 5. The van der Waals surface area contributed by atoms with Gasteiger partial charge in [-0.1, -0.05) is 152 Å². The maximum Gasteiger partial charge on any atom is 0.249 e. The van der Waals surface area contributed by atoms with Crippen molar-refractivity contribution in [3.63, 3.8) is 0 Å². The Kier molecular flexibility index (Phi) is 35.2. The molecule has 0 bridgehead atoms. The van der Waals surface area contributed by atoms with E-state index in [1.54, 1.807) is 0 Å². The Bertz CT molecular complexity index is 808. The Labute approximate surface area is 296 Å². The predicted molar refractivity (Wildman–Crippen MR) is 205 cm³/mol. The molecule has 0 aliphatic carbocycles. The third-order valence-electron chi connectivity index (χ3n) is 9.02. The summed E-state index contributed by atoms with van der Waals surface area (Å²) in [6.45, 7) is 3.98. The van der Waals surface area contributed by atoms with E-state index >= 15 is 0 Å². The molecule has 4 unspecified atom stereocenters. The lowest BCUT2D eigenvalue weighted by molar-refractivity contribution is -0.132. The van der Waals surface area contributed by atoms with E-state index in [0.29, 0.717) is 19.3 Å². The highest BCUT2D eigenvalue weighted by molar-refractivity contribution is 5.80. The molecular formula is C42H77NO5. The second-order valence-electron chi connectivity index (χ2n) is 13.6. The van der Waals surface area contributed by atoms with Crippen LogP contribution >= 0.6 is 0 Å². The first-order chi connectivity index (χ1) is 23.5. The number of amides is 1. The second-order valence-corrected chi connectivity index (χ2v) is 13.6. The Balaban J connectivity index is 3.90. The number of carbonyl (C=O) groups excluding carboxylic acids is 1. The van der Waals surface area contributed by atoms with E-state index in [9.17, 15) is 25.2 Å². The zero-order chi connectivity index (χ0) is 35.3. The van der Waals surface area contributed by atoms with E-state index in [0.717, 1.165) is 64.2 Å². The van der Waals surface area contributed by atoms with Gasteiger partial charge in [-0.25, -0.2) is 0 Å². The van der Waals surface area contributed by atoms with Gasteiger partial charge < -0.3 is 25.7 Å². The minimum absolute atomic E-state index is 0.340. The molecule has 4 atom stereocenters. The van der Waals surface area contributed by atoms with Crippen LogP contribution in [0.2, 0.25) is 0 Å². The van der Waals surface area contributed by atoms with Gasteiger partial charge in [-0.3, -0.25) is 4.79 Å². The molecule has 5 N–H and O–H groups in total. The van der Waals surface area contributed by atoms with E-state index in [1.807, 2.05) is 0 Å². The van der Waals surface area contributed by atoms with Crippen molar-refractivity contribution in [1.29, 1.82) is 0 Å². The van der Waals surface area contributed by atoms with Gasteiger partial charge in [0.2, 0.25) is 5.91 Å². The first-order valence-corrected chi connectivity index (χ1v) is 20.0. The highest BCUT2D eigenvalue weighted by Crippen LogP contribution is 2.13. The molecule has 0 fully saturated rings. The molecule has 0 aromatic carbocycles. The number of unbranched alkanes of at least 4 members (excludes halogenated alkanes) is 19. The third-order valence-corrected chi connectivity index (χ3v) is 9.02. The van der Waals surface area contributed by atoms with Crippen molar-refractivity contribution < 1.29 is 25.2 Å². The lowest BCUT2D eigenvalue weighted by Gasteiger charge is -2.27. The Morgan fingerprint density at radius 1 is 0.521 bits per heavy atom. The SMILES string of the molecule is CCCCC/C=C\C=C/CCCCCCCC(O)C(=O)NC(CO)C(O)C(O)CCC/C=C/CC/C=C/CCCCCCCCCCC. The van der Waals surface area contributed by atoms with Crippen LogP contribution in [0.15, 0.2) is 48.6 Å². The number of allylic oxidation sites excluding steroid dienone is 8. The molecule has 0 aromatic heterocycles. The van der Waals surface area contributed by atoms with Gasteiger partial charge in [0.15, 0.2) is 0 Å². The minimum Gasteiger partial charge on any atom is -0.394 e. The summed E-state index contributed by atoms with van der Waals surface area (Å²) in [5.41, 5.74) is 0. The van der Waals surface area contributed by atoms with Crippen LogP contribution in [0.1, 0.15) is 181 Å². The van der Waals surface area contributed by atoms with Gasteiger partial charge in [0.25, 0.3) is 0 Å². The van der Waals surface area contributed by atoms with E-state index in [4.69, 9.17) is 0 Å². The van der Waals surface area contributed by atoms with Crippen molar-refractivity contribution in [2.45, 2.75) is 205 Å². The van der Waals surface area contributed by atoms with Crippen LogP contribution in [0, 0.1) is 0 Å². The fraction of sp³-hybridized carbons (Fsp3) is 0.786. The molecule has 0 saturated heterocycles. The van der Waals surface area contributed by atoms with E-state index in [-0.39, 0.29) is 0 Å². The van der Waals surface area contributed by atoms with Crippen molar-refractivity contribution >= 4 is 5.91 Å². The van der Waals surface area contributed by atoms with E-state index in [2.05, 4.69) is 67.8 Å². The number of aliphatic hydroxyl groups excluding tert-OH is 4. The molecule has 6 heteroatoms. The summed E-state index contributed by atoms with van der Waals surface area (Å²) in [6.07, 6.45) is 42.7. The van der Waals surface area contributed by atoms with Gasteiger partial charge in [0, 0.05) is 0 Å². The van der Waals surface area contributed by atoms with Gasteiger partial charge in [-0.2, -0.15) is 0 Å². The lowest BCUT2D eigenvalue weighted by Crippen LogP contribution is -2.53. The highest BCUT2D eigenvalue weighted by atomic mass is 16.3. The normalized spacial score (nSPS) is 14.9. The van der Waals surface area contributed by atoms with Gasteiger partial charge in [0.05, 0.1) is 18.8 Å². The summed E-state index contributed by atoms with van der Waals surface area (Å²) in [7, 11) is 0. The molecule has 6 nitrogen and oxygen atoms in total. The fourth-order valence-corrected chi connectivity index (χ4v) is 5.76. The van der Waals surface area contributed by atoms with E-state index < -0.39 is 36.9 Å².